The lowest BCUT2D eigenvalue weighted by molar-refractivity contribution is 0.262. The van der Waals surface area contributed by atoms with E-state index in [1.807, 2.05) is 0 Å². The van der Waals surface area contributed by atoms with Gasteiger partial charge >= 0.3 is 0 Å². The van der Waals surface area contributed by atoms with Crippen molar-refractivity contribution in [3.05, 3.63) is 28.8 Å². The van der Waals surface area contributed by atoms with Gasteiger partial charge in [-0.15, -0.1) is 12.3 Å². The van der Waals surface area contributed by atoms with Crippen molar-refractivity contribution in [2.75, 3.05) is 6.61 Å². The van der Waals surface area contributed by atoms with Crippen LogP contribution in [0.4, 0.5) is 0 Å². The zero-order valence-electron chi connectivity index (χ0n) is 8.37. The van der Waals surface area contributed by atoms with E-state index < -0.39 is 0 Å². The Morgan fingerprint density at radius 1 is 1.47 bits per heavy atom. The number of terminal acetylenes is 1. The molecule has 0 aliphatic rings. The van der Waals surface area contributed by atoms with Crippen LogP contribution in [-0.4, -0.2) is 11.7 Å². The van der Waals surface area contributed by atoms with Gasteiger partial charge in [-0.1, -0.05) is 11.6 Å². The average molecular weight is 225 g/mol. The first-order valence-corrected chi connectivity index (χ1v) is 5.11. The molecule has 1 N–H and O–H groups in total. The molecule has 1 aromatic rings. The van der Waals surface area contributed by atoms with E-state index in [0.29, 0.717) is 29.4 Å². The third kappa shape index (κ3) is 3.83. The fourth-order valence-corrected chi connectivity index (χ4v) is 1.36. The van der Waals surface area contributed by atoms with Crippen LogP contribution in [0.5, 0.6) is 5.75 Å². The minimum atomic E-state index is -0.0783. The smallest absolute Gasteiger partial charge is 0.124 e. The Kier molecular flexibility index (Phi) is 5.03. The standard InChI is InChI=1S/C12H13ClO2/c1-2-3-4-7-15-12-6-5-11(13)8-10(12)9-14/h1,5-6,8,14H,3-4,7,9H2. The minimum absolute atomic E-state index is 0.0783. The maximum Gasteiger partial charge on any atom is 0.124 e. The lowest BCUT2D eigenvalue weighted by atomic mass is 10.2. The number of hydrogen-bond acceptors (Lipinski definition) is 2. The SMILES string of the molecule is C#CCCCOc1ccc(Cl)cc1CO. The van der Waals surface area contributed by atoms with Gasteiger partial charge in [0.15, 0.2) is 0 Å². The molecule has 2 nitrogen and oxygen atoms in total. The first-order valence-electron chi connectivity index (χ1n) is 4.73. The van der Waals surface area contributed by atoms with E-state index in [-0.39, 0.29) is 6.61 Å². The molecule has 0 amide bonds. The first kappa shape index (κ1) is 11.9. The summed E-state index contributed by atoms with van der Waals surface area (Å²) >= 11 is 5.79. The molecule has 0 atom stereocenters. The van der Waals surface area contributed by atoms with E-state index >= 15 is 0 Å². The van der Waals surface area contributed by atoms with Crippen LogP contribution in [0.1, 0.15) is 18.4 Å². The molecule has 15 heavy (non-hydrogen) atoms. The Labute approximate surface area is 94.8 Å². The quantitative estimate of drug-likeness (QED) is 0.616. The summed E-state index contributed by atoms with van der Waals surface area (Å²) in [6.07, 6.45) is 6.63. The van der Waals surface area contributed by atoms with Crippen molar-refractivity contribution in [2.24, 2.45) is 0 Å². The molecule has 3 heteroatoms. The maximum atomic E-state index is 9.07. The van der Waals surface area contributed by atoms with Gasteiger partial charge in [-0.3, -0.25) is 0 Å². The molecule has 1 rings (SSSR count). The highest BCUT2D eigenvalue weighted by Crippen LogP contribution is 2.22. The van der Waals surface area contributed by atoms with Crippen LogP contribution >= 0.6 is 11.6 Å². The average Bonchev–Trinajstić information content (AvgIpc) is 2.26. The fraction of sp³-hybridized carbons (Fsp3) is 0.333. The van der Waals surface area contributed by atoms with Crippen LogP contribution in [0.25, 0.3) is 0 Å². The molecule has 0 spiro atoms. The highest BCUT2D eigenvalue weighted by atomic mass is 35.5. The van der Waals surface area contributed by atoms with E-state index in [4.69, 9.17) is 27.9 Å². The van der Waals surface area contributed by atoms with E-state index in [1.165, 1.54) is 0 Å². The Hall–Kier alpha value is -1.17. The van der Waals surface area contributed by atoms with Crippen LogP contribution in [0.3, 0.4) is 0 Å². The fourth-order valence-electron chi connectivity index (χ4n) is 1.17. The number of hydrogen-bond donors (Lipinski definition) is 1. The van der Waals surface area contributed by atoms with E-state index in [0.717, 1.165) is 6.42 Å². The van der Waals surface area contributed by atoms with E-state index in [2.05, 4.69) is 5.92 Å². The summed E-state index contributed by atoms with van der Waals surface area (Å²) in [4.78, 5) is 0. The molecule has 0 saturated heterocycles. The van der Waals surface area contributed by atoms with Crippen molar-refractivity contribution < 1.29 is 9.84 Å². The molecule has 0 aliphatic heterocycles. The number of aliphatic hydroxyl groups is 1. The molecule has 0 fully saturated rings. The minimum Gasteiger partial charge on any atom is -0.493 e. The summed E-state index contributed by atoms with van der Waals surface area (Å²) in [7, 11) is 0. The van der Waals surface area contributed by atoms with Crippen LogP contribution in [0.15, 0.2) is 18.2 Å². The number of halogens is 1. The Bertz CT molecular complexity index is 355. The highest BCUT2D eigenvalue weighted by Gasteiger charge is 2.03. The van der Waals surface area contributed by atoms with Crippen LogP contribution in [-0.2, 0) is 6.61 Å². The van der Waals surface area contributed by atoms with Gasteiger partial charge in [-0.2, -0.15) is 0 Å². The number of benzene rings is 1. The molecule has 80 valence electrons. The molecular weight excluding hydrogens is 212 g/mol. The van der Waals surface area contributed by atoms with Gasteiger partial charge in [0, 0.05) is 17.0 Å². The normalized spacial score (nSPS) is 9.67. The molecule has 1 aromatic carbocycles. The second kappa shape index (κ2) is 6.34. The zero-order valence-corrected chi connectivity index (χ0v) is 9.13. The summed E-state index contributed by atoms with van der Waals surface area (Å²) in [6.45, 7) is 0.476. The lowest BCUT2D eigenvalue weighted by Gasteiger charge is -2.09. The lowest BCUT2D eigenvalue weighted by Crippen LogP contribution is -2.00. The topological polar surface area (TPSA) is 29.5 Å². The van der Waals surface area contributed by atoms with Gasteiger partial charge in [0.05, 0.1) is 13.2 Å². The van der Waals surface area contributed by atoms with Gasteiger partial charge < -0.3 is 9.84 Å². The first-order chi connectivity index (χ1) is 7.27. The Morgan fingerprint density at radius 2 is 2.27 bits per heavy atom. The predicted molar refractivity (Wildman–Crippen MR) is 60.9 cm³/mol. The van der Waals surface area contributed by atoms with Crippen LogP contribution < -0.4 is 4.74 Å². The maximum absolute atomic E-state index is 9.07. The summed E-state index contributed by atoms with van der Waals surface area (Å²) in [5, 5.41) is 9.67. The summed E-state index contributed by atoms with van der Waals surface area (Å²) < 4.78 is 5.47. The second-order valence-electron chi connectivity index (χ2n) is 3.07. The monoisotopic (exact) mass is 224 g/mol. The van der Waals surface area contributed by atoms with Crippen molar-refractivity contribution in [1.82, 2.24) is 0 Å². The van der Waals surface area contributed by atoms with Crippen LogP contribution in [0, 0.1) is 12.3 Å². The van der Waals surface area contributed by atoms with Crippen molar-refractivity contribution >= 4 is 11.6 Å². The number of ether oxygens (including phenoxy) is 1. The van der Waals surface area contributed by atoms with Gasteiger partial charge in [-0.05, 0) is 24.6 Å². The largest absolute Gasteiger partial charge is 0.493 e. The van der Waals surface area contributed by atoms with Crippen molar-refractivity contribution in [3.8, 4) is 18.1 Å². The summed E-state index contributed by atoms with van der Waals surface area (Å²) in [6, 6.07) is 5.18. The molecule has 0 unspecified atom stereocenters. The third-order valence-corrected chi connectivity index (χ3v) is 2.15. The molecule has 0 heterocycles. The molecule has 0 bridgehead atoms. The third-order valence-electron chi connectivity index (χ3n) is 1.92. The van der Waals surface area contributed by atoms with E-state index in [1.54, 1.807) is 18.2 Å². The highest BCUT2D eigenvalue weighted by molar-refractivity contribution is 6.30. The second-order valence-corrected chi connectivity index (χ2v) is 3.50. The molecule has 0 aromatic heterocycles. The molecule has 0 radical (unpaired) electrons. The molecule has 0 aliphatic carbocycles. The van der Waals surface area contributed by atoms with Crippen molar-refractivity contribution in [2.45, 2.75) is 19.4 Å². The van der Waals surface area contributed by atoms with Gasteiger partial charge in [0.1, 0.15) is 5.75 Å². The number of unbranched alkanes of at least 4 members (excludes halogenated alkanes) is 1. The van der Waals surface area contributed by atoms with Crippen molar-refractivity contribution in [1.29, 1.82) is 0 Å². The van der Waals surface area contributed by atoms with Gasteiger partial charge in [0.25, 0.3) is 0 Å². The van der Waals surface area contributed by atoms with Gasteiger partial charge in [-0.25, -0.2) is 0 Å². The molecule has 0 saturated carbocycles. The number of rotatable bonds is 5. The predicted octanol–water partition coefficient (Wildman–Crippen LogP) is 2.62. The zero-order chi connectivity index (χ0) is 11.1. The van der Waals surface area contributed by atoms with Crippen LogP contribution in [0.2, 0.25) is 5.02 Å². The molecular formula is C12H13ClO2. The Morgan fingerprint density at radius 3 is 2.93 bits per heavy atom. The Balaban J connectivity index is 2.57. The summed E-state index contributed by atoms with van der Waals surface area (Å²) in [5.41, 5.74) is 0.697. The van der Waals surface area contributed by atoms with Gasteiger partial charge in [0.2, 0.25) is 0 Å². The number of aliphatic hydroxyl groups excluding tert-OH is 1. The van der Waals surface area contributed by atoms with Crippen molar-refractivity contribution in [3.63, 3.8) is 0 Å². The van der Waals surface area contributed by atoms with E-state index in [9.17, 15) is 0 Å². The summed E-state index contributed by atoms with van der Waals surface area (Å²) in [5.74, 6) is 3.21.